The van der Waals surface area contributed by atoms with Crippen molar-refractivity contribution in [1.82, 2.24) is 0 Å². The Labute approximate surface area is 92.2 Å². The van der Waals surface area contributed by atoms with Crippen LogP contribution in [0.1, 0.15) is 18.1 Å². The highest BCUT2D eigenvalue weighted by molar-refractivity contribution is 9.10. The highest BCUT2D eigenvalue weighted by Gasteiger charge is 2.06. The third kappa shape index (κ3) is 1.97. The SMILES string of the molecule is C/C(C#N)=C(/N)c1cccc(Br)c1C. The summed E-state index contributed by atoms with van der Waals surface area (Å²) in [4.78, 5) is 0. The van der Waals surface area contributed by atoms with Crippen LogP contribution in [0.4, 0.5) is 0 Å². The van der Waals surface area contributed by atoms with Crippen molar-refractivity contribution in [2.45, 2.75) is 13.8 Å². The van der Waals surface area contributed by atoms with Crippen LogP contribution in [0.15, 0.2) is 28.2 Å². The fraction of sp³-hybridized carbons (Fsp3) is 0.182. The van der Waals surface area contributed by atoms with Gasteiger partial charge in [-0.25, -0.2) is 0 Å². The van der Waals surface area contributed by atoms with Crippen molar-refractivity contribution in [2.75, 3.05) is 0 Å². The molecule has 14 heavy (non-hydrogen) atoms. The monoisotopic (exact) mass is 250 g/mol. The molecule has 0 bridgehead atoms. The number of nitrogens with zero attached hydrogens (tertiary/aromatic N) is 1. The Kier molecular flexibility index (Phi) is 3.32. The molecule has 0 saturated heterocycles. The lowest BCUT2D eigenvalue weighted by atomic mass is 10.0. The molecule has 1 aromatic carbocycles. The lowest BCUT2D eigenvalue weighted by Crippen LogP contribution is -2.01. The van der Waals surface area contributed by atoms with E-state index in [1.54, 1.807) is 6.92 Å². The van der Waals surface area contributed by atoms with E-state index in [-0.39, 0.29) is 0 Å². The Morgan fingerprint density at radius 3 is 2.71 bits per heavy atom. The van der Waals surface area contributed by atoms with Gasteiger partial charge in [0, 0.05) is 15.6 Å². The molecule has 72 valence electrons. The van der Waals surface area contributed by atoms with Crippen LogP contribution in [0.5, 0.6) is 0 Å². The van der Waals surface area contributed by atoms with Crippen LogP contribution in [0.2, 0.25) is 0 Å². The van der Waals surface area contributed by atoms with E-state index in [1.807, 2.05) is 31.2 Å². The molecule has 0 aromatic heterocycles. The third-order valence-electron chi connectivity index (χ3n) is 2.13. The second kappa shape index (κ2) is 4.30. The zero-order chi connectivity index (χ0) is 10.7. The zero-order valence-corrected chi connectivity index (χ0v) is 9.72. The third-order valence-corrected chi connectivity index (χ3v) is 2.99. The summed E-state index contributed by atoms with van der Waals surface area (Å²) in [6.45, 7) is 3.69. The number of halogens is 1. The summed E-state index contributed by atoms with van der Waals surface area (Å²) in [5.74, 6) is 0. The van der Waals surface area contributed by atoms with Crippen LogP contribution in [-0.4, -0.2) is 0 Å². The molecule has 0 amide bonds. The predicted octanol–water partition coefficient (Wildman–Crippen LogP) is 2.97. The average Bonchev–Trinajstić information content (AvgIpc) is 2.20. The van der Waals surface area contributed by atoms with E-state index in [0.717, 1.165) is 15.6 Å². The Morgan fingerprint density at radius 1 is 1.50 bits per heavy atom. The fourth-order valence-electron chi connectivity index (χ4n) is 1.16. The summed E-state index contributed by atoms with van der Waals surface area (Å²) in [6, 6.07) is 7.82. The second-order valence-corrected chi connectivity index (χ2v) is 3.92. The van der Waals surface area contributed by atoms with Crippen LogP contribution in [0.25, 0.3) is 5.70 Å². The van der Waals surface area contributed by atoms with Crippen LogP contribution < -0.4 is 5.73 Å². The molecule has 0 heterocycles. The lowest BCUT2D eigenvalue weighted by Gasteiger charge is -2.08. The maximum Gasteiger partial charge on any atom is 0.0965 e. The van der Waals surface area contributed by atoms with Gasteiger partial charge >= 0.3 is 0 Å². The molecule has 2 nitrogen and oxygen atoms in total. The molecular formula is C11H11BrN2. The number of allylic oxidation sites excluding steroid dienone is 1. The number of nitrogens with two attached hydrogens (primary N) is 1. The molecule has 3 heteroatoms. The van der Waals surface area contributed by atoms with E-state index < -0.39 is 0 Å². The Hall–Kier alpha value is -1.27. The van der Waals surface area contributed by atoms with Crippen molar-refractivity contribution < 1.29 is 0 Å². The van der Waals surface area contributed by atoms with Gasteiger partial charge in [0.1, 0.15) is 0 Å². The van der Waals surface area contributed by atoms with Gasteiger partial charge in [0.05, 0.1) is 11.8 Å². The molecule has 0 aliphatic heterocycles. The van der Waals surface area contributed by atoms with E-state index in [1.165, 1.54) is 0 Å². The molecule has 0 radical (unpaired) electrons. The van der Waals surface area contributed by atoms with Crippen LogP contribution in [-0.2, 0) is 0 Å². The topological polar surface area (TPSA) is 49.8 Å². The molecule has 2 N–H and O–H groups in total. The number of rotatable bonds is 1. The molecule has 0 unspecified atom stereocenters. The zero-order valence-electron chi connectivity index (χ0n) is 8.13. The summed E-state index contributed by atoms with van der Waals surface area (Å²) in [5.41, 5.74) is 8.92. The first-order chi connectivity index (χ1) is 6.57. The standard InChI is InChI=1S/C11H11BrN2/c1-7(6-13)11(14)9-4-3-5-10(12)8(9)2/h3-5H,14H2,1-2H3/b11-7-. The van der Waals surface area contributed by atoms with Gasteiger partial charge in [0.15, 0.2) is 0 Å². The summed E-state index contributed by atoms with van der Waals surface area (Å²) >= 11 is 3.42. The lowest BCUT2D eigenvalue weighted by molar-refractivity contribution is 1.33. The largest absolute Gasteiger partial charge is 0.397 e. The molecule has 1 rings (SSSR count). The van der Waals surface area contributed by atoms with Gasteiger partial charge in [-0.15, -0.1) is 0 Å². The van der Waals surface area contributed by atoms with Gasteiger partial charge in [-0.05, 0) is 25.5 Å². The van der Waals surface area contributed by atoms with E-state index in [4.69, 9.17) is 11.0 Å². The molecule has 0 spiro atoms. The molecule has 0 aliphatic rings. The Balaban J connectivity index is 3.36. The number of hydrogen-bond donors (Lipinski definition) is 1. The molecule has 0 atom stereocenters. The van der Waals surface area contributed by atoms with Gasteiger partial charge in [-0.1, -0.05) is 28.1 Å². The van der Waals surface area contributed by atoms with E-state index in [0.29, 0.717) is 11.3 Å². The van der Waals surface area contributed by atoms with Gasteiger partial charge < -0.3 is 5.73 Å². The van der Waals surface area contributed by atoms with Crippen molar-refractivity contribution in [2.24, 2.45) is 5.73 Å². The summed E-state index contributed by atoms with van der Waals surface area (Å²) in [7, 11) is 0. The molecule has 0 aliphatic carbocycles. The first-order valence-electron chi connectivity index (χ1n) is 4.20. The van der Waals surface area contributed by atoms with E-state index in [2.05, 4.69) is 15.9 Å². The van der Waals surface area contributed by atoms with Crippen molar-refractivity contribution >= 4 is 21.6 Å². The molecule has 1 aromatic rings. The number of nitriles is 1. The predicted molar refractivity (Wildman–Crippen MR) is 61.3 cm³/mol. The Bertz CT molecular complexity index is 427. The van der Waals surface area contributed by atoms with Gasteiger partial charge in [0.25, 0.3) is 0 Å². The minimum absolute atomic E-state index is 0.547. The van der Waals surface area contributed by atoms with Crippen molar-refractivity contribution in [3.05, 3.63) is 39.4 Å². The van der Waals surface area contributed by atoms with Crippen molar-refractivity contribution in [3.63, 3.8) is 0 Å². The van der Waals surface area contributed by atoms with Crippen molar-refractivity contribution in [3.8, 4) is 6.07 Å². The summed E-state index contributed by atoms with van der Waals surface area (Å²) in [5, 5.41) is 8.73. The highest BCUT2D eigenvalue weighted by Crippen LogP contribution is 2.24. The Morgan fingerprint density at radius 2 is 2.14 bits per heavy atom. The second-order valence-electron chi connectivity index (χ2n) is 3.06. The van der Waals surface area contributed by atoms with Crippen LogP contribution in [0.3, 0.4) is 0 Å². The van der Waals surface area contributed by atoms with E-state index in [9.17, 15) is 0 Å². The van der Waals surface area contributed by atoms with Crippen LogP contribution >= 0.6 is 15.9 Å². The quantitative estimate of drug-likeness (QED) is 0.780. The summed E-state index contributed by atoms with van der Waals surface area (Å²) in [6.07, 6.45) is 0. The average molecular weight is 251 g/mol. The van der Waals surface area contributed by atoms with Crippen LogP contribution in [0, 0.1) is 18.3 Å². The first-order valence-corrected chi connectivity index (χ1v) is 4.99. The minimum atomic E-state index is 0.547. The first kappa shape index (κ1) is 10.8. The van der Waals surface area contributed by atoms with Crippen molar-refractivity contribution in [1.29, 1.82) is 5.26 Å². The maximum atomic E-state index is 8.73. The smallest absolute Gasteiger partial charge is 0.0965 e. The van der Waals surface area contributed by atoms with E-state index >= 15 is 0 Å². The highest BCUT2D eigenvalue weighted by atomic mass is 79.9. The van der Waals surface area contributed by atoms with Gasteiger partial charge in [0.2, 0.25) is 0 Å². The number of hydrogen-bond acceptors (Lipinski definition) is 2. The molecular weight excluding hydrogens is 240 g/mol. The van der Waals surface area contributed by atoms with Gasteiger partial charge in [-0.3, -0.25) is 0 Å². The fourth-order valence-corrected chi connectivity index (χ4v) is 1.53. The molecule has 0 saturated carbocycles. The number of benzene rings is 1. The normalized spacial score (nSPS) is 11.9. The van der Waals surface area contributed by atoms with Gasteiger partial charge in [-0.2, -0.15) is 5.26 Å². The minimum Gasteiger partial charge on any atom is -0.397 e. The maximum absolute atomic E-state index is 8.73. The summed E-state index contributed by atoms with van der Waals surface area (Å²) < 4.78 is 1.00. The molecule has 0 fully saturated rings.